The van der Waals surface area contributed by atoms with Crippen molar-refractivity contribution in [1.29, 1.82) is 0 Å². The van der Waals surface area contributed by atoms with Gasteiger partial charge in [0, 0.05) is 12.4 Å². The second-order valence-corrected chi connectivity index (χ2v) is 4.33. The minimum absolute atomic E-state index is 0. The Morgan fingerprint density at radius 3 is 1.56 bits per heavy atom. The number of aromatic amines is 1. The van der Waals surface area contributed by atoms with E-state index in [0.717, 1.165) is 5.82 Å². The maximum absolute atomic E-state index is 10.7. The van der Waals surface area contributed by atoms with E-state index >= 15 is 0 Å². The van der Waals surface area contributed by atoms with Crippen molar-refractivity contribution in [2.24, 2.45) is 0 Å². The normalized spacial score (nSPS) is 13.3. The first-order valence-electron chi connectivity index (χ1n) is 3.52. The fourth-order valence-corrected chi connectivity index (χ4v) is 0.344. The summed E-state index contributed by atoms with van der Waals surface area (Å²) < 4.78 is 59.2. The average Bonchev–Trinajstić information content (AvgIpc) is 2.29. The molecule has 0 saturated carbocycles. The Bertz CT molecular complexity index is 336. The smallest absolute Gasteiger partial charge is 0.450 e. The van der Waals surface area contributed by atoms with Gasteiger partial charge in [-0.15, -0.1) is 0 Å². The zero-order valence-corrected chi connectivity index (χ0v) is 16.3. The molecule has 1 aromatic heterocycles. The van der Waals surface area contributed by atoms with E-state index in [4.69, 9.17) is 15.0 Å². The number of H-pyrrole nitrogens is 1. The van der Waals surface area contributed by atoms with Crippen LogP contribution in [0.25, 0.3) is 0 Å². The molecule has 0 aromatic carbocycles. The molecule has 0 fully saturated rings. The Morgan fingerprint density at radius 1 is 1.22 bits per heavy atom. The maximum atomic E-state index is 9.87. The molecule has 0 aliphatic rings. The molecule has 0 aliphatic carbocycles. The Hall–Kier alpha value is 0.542. The molecular weight excluding hydrogens is 414 g/mol. The maximum Gasteiger partial charge on any atom is 1.00 e. The summed E-state index contributed by atoms with van der Waals surface area (Å²) in [6, 6.07) is 0. The number of hydrogen-bond donors (Lipinski definition) is 3. The van der Waals surface area contributed by atoms with Gasteiger partial charge in [0.2, 0.25) is 0 Å². The van der Waals surface area contributed by atoms with Gasteiger partial charge in [0.25, 0.3) is 0 Å². The van der Waals surface area contributed by atoms with Crippen LogP contribution in [0, 0.1) is 6.92 Å². The van der Waals surface area contributed by atoms with Crippen molar-refractivity contribution in [2.75, 3.05) is 0 Å². The molecule has 1 rings (SSSR count). The molecule has 0 radical (unpaired) electrons. The Kier molecular flexibility index (Phi) is 9.66. The van der Waals surface area contributed by atoms with Crippen molar-refractivity contribution in [2.45, 2.75) is 6.92 Å². The van der Waals surface area contributed by atoms with Crippen LogP contribution < -0.4 is 68.9 Å². The number of imidazole rings is 1. The summed E-state index contributed by atoms with van der Waals surface area (Å²) in [5, 5.41) is 13.9. The van der Waals surface area contributed by atoms with Gasteiger partial charge in [-0.25, -0.2) is 9.78 Å². The molecule has 0 spiro atoms. The van der Waals surface area contributed by atoms with Gasteiger partial charge in [0.1, 0.15) is 5.82 Å². The number of aromatic nitrogens is 2. The van der Waals surface area contributed by atoms with E-state index in [1.54, 1.807) is 12.4 Å². The van der Waals surface area contributed by atoms with Crippen LogP contribution in [0.3, 0.4) is 0 Å². The van der Waals surface area contributed by atoms with Gasteiger partial charge in [-0.05, 0) is 6.92 Å². The summed E-state index contributed by atoms with van der Waals surface area (Å²) in [5.74, 6) is 0.968. The number of hydrogen-bond acceptors (Lipinski definition) is 2. The fraction of sp³-hybridized carbons (Fsp3) is 0.200. The molecule has 13 heteroatoms. The quantitative estimate of drug-likeness (QED) is 0.435. The number of carboxylic acid groups (broad SMARTS) is 2. The van der Waals surface area contributed by atoms with E-state index in [1.807, 2.05) is 6.92 Å². The first-order chi connectivity index (χ1) is 7.08. The first-order valence-corrected chi connectivity index (χ1v) is 5.55. The second kappa shape index (κ2) is 7.36. The van der Waals surface area contributed by atoms with Crippen LogP contribution in [0.1, 0.15) is 5.82 Å². The van der Waals surface area contributed by atoms with E-state index in [2.05, 4.69) is 9.97 Å². The summed E-state index contributed by atoms with van der Waals surface area (Å²) in [7, 11) is -10.7. The van der Waals surface area contributed by atoms with Crippen molar-refractivity contribution >= 4 is 14.0 Å². The number of carbonyl (C=O) groups is 1. The van der Waals surface area contributed by atoms with Crippen LogP contribution in [-0.4, -0.2) is 26.3 Å². The molecule has 0 unspecified atom stereocenters. The fourth-order valence-electron chi connectivity index (χ4n) is 0.344. The van der Waals surface area contributed by atoms with E-state index in [1.165, 1.54) is 0 Å². The van der Waals surface area contributed by atoms with Crippen molar-refractivity contribution in [3.05, 3.63) is 18.2 Å². The largest absolute Gasteiger partial charge is 1.00 e. The predicted octanol–water partition coefficient (Wildman–Crippen LogP) is 1.33. The monoisotopic (exact) mass is 422 g/mol. The van der Waals surface area contributed by atoms with Crippen molar-refractivity contribution in [3.63, 3.8) is 0 Å². The molecule has 5 nitrogen and oxygen atoms in total. The minimum Gasteiger partial charge on any atom is -0.450 e. The summed E-state index contributed by atoms with van der Waals surface area (Å²) >= 11 is 0. The van der Waals surface area contributed by atoms with Gasteiger partial charge in [-0.3, -0.25) is 0 Å². The van der Waals surface area contributed by atoms with E-state index in [9.17, 15) is 25.2 Å². The van der Waals surface area contributed by atoms with Crippen molar-refractivity contribution < 1.29 is 109 Å². The van der Waals surface area contributed by atoms with E-state index in [0.29, 0.717) is 0 Å². The van der Waals surface area contributed by atoms with Crippen LogP contribution in [0.5, 0.6) is 0 Å². The van der Waals surface area contributed by atoms with Gasteiger partial charge >= 0.3 is 108 Å². The van der Waals surface area contributed by atoms with Crippen LogP contribution in [0.15, 0.2) is 12.4 Å². The third kappa shape index (κ3) is 70.2. The van der Waals surface area contributed by atoms with Gasteiger partial charge in [0.15, 0.2) is 0 Å². The predicted molar refractivity (Wildman–Crippen MR) is 47.5 cm³/mol. The minimum atomic E-state index is -10.7. The summed E-state index contributed by atoms with van der Waals surface area (Å²) in [6.45, 7) is 1.92. The molecule has 0 aliphatic heterocycles. The topological polar surface area (TPSA) is 86.2 Å². The molecule has 104 valence electrons. The van der Waals surface area contributed by atoms with Crippen LogP contribution in [0.2, 0.25) is 0 Å². The molecule has 0 saturated heterocycles. The van der Waals surface area contributed by atoms with E-state index < -0.39 is 14.0 Å². The molecule has 18 heavy (non-hydrogen) atoms. The SMILES string of the molecule is Cc1ncc[nH]1.F[P-](F)(F)(F)(F)F.O=C(O)O.[Cs+]. The molecule has 0 bridgehead atoms. The third-order valence-electron chi connectivity index (χ3n) is 0.635. The molecule has 0 amide bonds. The Balaban J connectivity index is -0.000000189. The molecule has 1 heterocycles. The van der Waals surface area contributed by atoms with Crippen LogP contribution in [-0.2, 0) is 0 Å². The summed E-state index contributed by atoms with van der Waals surface area (Å²) in [5.41, 5.74) is 0. The Labute approximate surface area is 156 Å². The number of rotatable bonds is 0. The van der Waals surface area contributed by atoms with Crippen LogP contribution in [0.4, 0.5) is 30.0 Å². The summed E-state index contributed by atoms with van der Waals surface area (Å²) in [6.07, 6.45) is 1.70. The van der Waals surface area contributed by atoms with Gasteiger partial charge < -0.3 is 15.2 Å². The zero-order chi connectivity index (χ0) is 14.4. The first kappa shape index (κ1) is 23.6. The number of halogens is 6. The van der Waals surface area contributed by atoms with E-state index in [-0.39, 0.29) is 68.9 Å². The number of nitrogens with one attached hydrogen (secondary N) is 1. The van der Waals surface area contributed by atoms with Gasteiger partial charge in [0.05, 0.1) is 0 Å². The average molecular weight is 422 g/mol. The second-order valence-electron chi connectivity index (χ2n) is 2.42. The van der Waals surface area contributed by atoms with Gasteiger partial charge in [-0.2, -0.15) is 0 Å². The molecular formula is C5H8CsF6N2O3P. The molecule has 0 atom stereocenters. The van der Waals surface area contributed by atoms with Crippen molar-refractivity contribution in [1.82, 2.24) is 9.97 Å². The summed E-state index contributed by atoms with van der Waals surface area (Å²) in [4.78, 5) is 15.3. The zero-order valence-electron chi connectivity index (χ0n) is 9.12. The van der Waals surface area contributed by atoms with Gasteiger partial charge in [-0.1, -0.05) is 0 Å². The van der Waals surface area contributed by atoms with Crippen molar-refractivity contribution in [3.8, 4) is 0 Å². The molecule has 1 aromatic rings. The standard InChI is InChI=1S/C4H6N2.CH2O3.Cs.F6P/c1-4-5-2-3-6-4;2-1(3)4;;1-7(2,3,4,5)6/h2-3H,1H3,(H,5,6);(H2,2,3,4);;/q;;+1;-1. The van der Waals surface area contributed by atoms with Crippen LogP contribution >= 0.6 is 7.81 Å². The number of nitrogens with zero attached hydrogens (tertiary/aromatic N) is 1. The Morgan fingerprint density at radius 2 is 1.50 bits per heavy atom. The number of aryl methyl sites for hydroxylation is 1. The molecule has 3 N–H and O–H groups in total. The third-order valence-corrected chi connectivity index (χ3v) is 0.635.